The number of carbonyl (C=O) groups excluding carboxylic acids is 2. The van der Waals surface area contributed by atoms with Crippen LogP contribution >= 0.6 is 0 Å². The lowest BCUT2D eigenvalue weighted by Gasteiger charge is -2.16. The number of carbonyl (C=O) groups is 2. The second kappa shape index (κ2) is 18.2. The normalized spacial score (nSPS) is 19.2. The first-order valence-electron chi connectivity index (χ1n) is 13.3. The van der Waals surface area contributed by atoms with Crippen molar-refractivity contribution in [1.29, 1.82) is 0 Å². The Kier molecular flexibility index (Phi) is 16.3. The molecular formula is C28H49NO2. The summed E-state index contributed by atoms with van der Waals surface area (Å²) in [6, 6.07) is 0. The van der Waals surface area contributed by atoms with Gasteiger partial charge >= 0.3 is 0 Å². The molecule has 0 radical (unpaired) electrons. The van der Waals surface area contributed by atoms with E-state index >= 15 is 0 Å². The van der Waals surface area contributed by atoms with Crippen LogP contribution in [0.2, 0.25) is 0 Å². The van der Waals surface area contributed by atoms with Gasteiger partial charge in [-0.1, -0.05) is 128 Å². The number of unbranched alkanes of at least 4 members (excludes halogenated alkanes) is 16. The Balaban J connectivity index is 2.28. The molecule has 0 aromatic carbocycles. The quantitative estimate of drug-likeness (QED) is 0.120. The van der Waals surface area contributed by atoms with E-state index in [-0.39, 0.29) is 18.2 Å². The van der Waals surface area contributed by atoms with E-state index in [1.54, 1.807) is 0 Å². The second-order valence-corrected chi connectivity index (χ2v) is 9.43. The summed E-state index contributed by atoms with van der Waals surface area (Å²) in [5.41, 5.74) is -0.753. The van der Waals surface area contributed by atoms with E-state index < -0.39 is 5.41 Å². The molecule has 0 spiro atoms. The molecule has 0 unspecified atom stereocenters. The summed E-state index contributed by atoms with van der Waals surface area (Å²) in [6.07, 6.45) is 31.4. The van der Waals surface area contributed by atoms with Crippen molar-refractivity contribution in [3.63, 3.8) is 0 Å². The lowest BCUT2D eigenvalue weighted by atomic mass is 9.84. The lowest BCUT2D eigenvalue weighted by molar-refractivity contribution is -0.126. The predicted octanol–water partition coefficient (Wildman–Crippen LogP) is 8.19. The molecule has 0 atom stereocenters. The number of amides is 2. The van der Waals surface area contributed by atoms with E-state index in [4.69, 9.17) is 0 Å². The third kappa shape index (κ3) is 12.9. The zero-order chi connectivity index (χ0) is 22.6. The van der Waals surface area contributed by atoms with Gasteiger partial charge in [-0.3, -0.25) is 14.9 Å². The molecule has 1 heterocycles. The Labute approximate surface area is 192 Å². The fourth-order valence-corrected chi connectivity index (χ4v) is 4.34. The van der Waals surface area contributed by atoms with Crippen LogP contribution in [-0.4, -0.2) is 11.8 Å². The Bertz CT molecular complexity index is 505. The molecule has 31 heavy (non-hydrogen) atoms. The monoisotopic (exact) mass is 431 g/mol. The summed E-state index contributed by atoms with van der Waals surface area (Å²) in [7, 11) is 0. The maximum Gasteiger partial charge on any atom is 0.240 e. The molecule has 1 aliphatic rings. The van der Waals surface area contributed by atoms with Crippen molar-refractivity contribution in [2.24, 2.45) is 5.41 Å². The highest BCUT2D eigenvalue weighted by molar-refractivity contribution is 6.08. The van der Waals surface area contributed by atoms with Crippen molar-refractivity contribution in [2.75, 3.05) is 0 Å². The minimum Gasteiger partial charge on any atom is -0.295 e. The molecule has 1 rings (SSSR count). The van der Waals surface area contributed by atoms with Gasteiger partial charge in [0.1, 0.15) is 0 Å². The van der Waals surface area contributed by atoms with Gasteiger partial charge in [0.05, 0.1) is 5.41 Å². The smallest absolute Gasteiger partial charge is 0.240 e. The van der Waals surface area contributed by atoms with Gasteiger partial charge in [-0.2, -0.15) is 0 Å². The van der Waals surface area contributed by atoms with Crippen molar-refractivity contribution in [3.8, 4) is 0 Å². The fraction of sp³-hybridized carbons (Fsp3) is 0.786. The second-order valence-electron chi connectivity index (χ2n) is 9.43. The van der Waals surface area contributed by atoms with Gasteiger partial charge < -0.3 is 0 Å². The largest absolute Gasteiger partial charge is 0.295 e. The van der Waals surface area contributed by atoms with Gasteiger partial charge in [0, 0.05) is 6.42 Å². The molecule has 0 bridgehead atoms. The summed E-state index contributed by atoms with van der Waals surface area (Å²) in [5, 5.41) is 2.50. The standard InChI is InChI=1S/C28H49NO2/c1-3-5-7-9-11-13-15-17-19-21-23-28(25-26(30)29-27(28)31)24-22-20-18-16-14-12-10-8-6-4-2/h21-24H,3-20,25H2,1-2H3,(H,29,30,31). The van der Waals surface area contributed by atoms with Gasteiger partial charge in [0.15, 0.2) is 0 Å². The first-order valence-corrected chi connectivity index (χ1v) is 13.3. The molecule has 178 valence electrons. The van der Waals surface area contributed by atoms with Crippen LogP contribution in [0.5, 0.6) is 0 Å². The zero-order valence-electron chi connectivity index (χ0n) is 20.6. The minimum atomic E-state index is -0.753. The van der Waals surface area contributed by atoms with Crippen molar-refractivity contribution < 1.29 is 9.59 Å². The van der Waals surface area contributed by atoms with Crippen LogP contribution in [-0.2, 0) is 9.59 Å². The number of rotatable bonds is 20. The third-order valence-electron chi connectivity index (χ3n) is 6.41. The Morgan fingerprint density at radius 2 is 1.03 bits per heavy atom. The van der Waals surface area contributed by atoms with Gasteiger partial charge in [-0.25, -0.2) is 0 Å². The molecule has 0 aromatic heterocycles. The van der Waals surface area contributed by atoms with Gasteiger partial charge in [-0.05, 0) is 25.7 Å². The lowest BCUT2D eigenvalue weighted by Crippen LogP contribution is -2.28. The highest BCUT2D eigenvalue weighted by Gasteiger charge is 2.42. The topological polar surface area (TPSA) is 46.2 Å². The molecule has 1 saturated heterocycles. The fourth-order valence-electron chi connectivity index (χ4n) is 4.34. The van der Waals surface area contributed by atoms with Crippen LogP contribution in [0.25, 0.3) is 0 Å². The Morgan fingerprint density at radius 3 is 1.39 bits per heavy atom. The molecule has 2 amide bonds. The van der Waals surface area contributed by atoms with E-state index in [9.17, 15) is 9.59 Å². The van der Waals surface area contributed by atoms with E-state index in [1.165, 1.54) is 89.9 Å². The van der Waals surface area contributed by atoms with Crippen LogP contribution in [0.15, 0.2) is 24.3 Å². The molecule has 3 heteroatoms. The molecular weight excluding hydrogens is 382 g/mol. The molecule has 1 aliphatic heterocycles. The number of imide groups is 1. The Hall–Kier alpha value is -1.38. The third-order valence-corrected chi connectivity index (χ3v) is 6.41. The molecule has 0 saturated carbocycles. The molecule has 1 fully saturated rings. The minimum absolute atomic E-state index is 0.154. The first kappa shape index (κ1) is 27.7. The summed E-state index contributed by atoms with van der Waals surface area (Å²) in [5.74, 6) is -0.310. The van der Waals surface area contributed by atoms with Crippen LogP contribution in [0, 0.1) is 5.41 Å². The maximum atomic E-state index is 12.5. The average Bonchev–Trinajstić information content (AvgIpc) is 3.04. The van der Waals surface area contributed by atoms with Crippen LogP contribution < -0.4 is 5.32 Å². The van der Waals surface area contributed by atoms with Crippen molar-refractivity contribution >= 4 is 11.8 Å². The highest BCUT2D eigenvalue weighted by atomic mass is 16.2. The first-order chi connectivity index (χ1) is 15.1. The maximum absolute atomic E-state index is 12.5. The molecule has 1 N–H and O–H groups in total. The van der Waals surface area contributed by atoms with Crippen molar-refractivity contribution in [3.05, 3.63) is 24.3 Å². The zero-order valence-corrected chi connectivity index (χ0v) is 20.6. The SMILES string of the molecule is CCCCCCCCCCC=CC1(C=CCCCCCCCCCC)CC(=O)NC1=O. The summed E-state index contributed by atoms with van der Waals surface area (Å²) < 4.78 is 0. The van der Waals surface area contributed by atoms with E-state index in [2.05, 4.69) is 31.3 Å². The number of nitrogens with one attached hydrogen (secondary N) is 1. The predicted molar refractivity (Wildman–Crippen MR) is 133 cm³/mol. The molecule has 0 aromatic rings. The molecule has 3 nitrogen and oxygen atoms in total. The number of hydrogen-bond donors (Lipinski definition) is 1. The van der Waals surface area contributed by atoms with E-state index in [1.807, 2.05) is 12.2 Å². The van der Waals surface area contributed by atoms with E-state index in [0.29, 0.717) is 0 Å². The molecule has 0 aliphatic carbocycles. The van der Waals surface area contributed by atoms with Crippen LogP contribution in [0.3, 0.4) is 0 Å². The van der Waals surface area contributed by atoms with Gasteiger partial charge in [0.2, 0.25) is 11.8 Å². The number of hydrogen-bond acceptors (Lipinski definition) is 2. The van der Waals surface area contributed by atoms with E-state index in [0.717, 1.165) is 25.7 Å². The van der Waals surface area contributed by atoms with Gasteiger partial charge in [0.25, 0.3) is 0 Å². The van der Waals surface area contributed by atoms with Crippen molar-refractivity contribution in [1.82, 2.24) is 5.32 Å². The summed E-state index contributed by atoms with van der Waals surface area (Å²) in [4.78, 5) is 24.3. The number of allylic oxidation sites excluding steroid dienone is 2. The van der Waals surface area contributed by atoms with Crippen molar-refractivity contribution in [2.45, 2.75) is 136 Å². The summed E-state index contributed by atoms with van der Waals surface area (Å²) >= 11 is 0. The van der Waals surface area contributed by atoms with Crippen LogP contribution in [0.1, 0.15) is 136 Å². The average molecular weight is 432 g/mol. The highest BCUT2D eigenvalue weighted by Crippen LogP contribution is 2.32. The Morgan fingerprint density at radius 1 is 0.645 bits per heavy atom. The summed E-state index contributed by atoms with van der Waals surface area (Å²) in [6.45, 7) is 4.51. The van der Waals surface area contributed by atoms with Crippen LogP contribution in [0.4, 0.5) is 0 Å². The van der Waals surface area contributed by atoms with Gasteiger partial charge in [-0.15, -0.1) is 0 Å².